The number of aliphatic carboxylic acids is 1. The smallest absolute Gasteiger partial charge is 0.303 e. The molecule has 0 saturated heterocycles. The molecule has 0 aromatic heterocycles. The molecule has 0 fully saturated rings. The van der Waals surface area contributed by atoms with E-state index < -0.39 is 5.97 Å². The molecule has 0 saturated carbocycles. The molecule has 0 aliphatic heterocycles. The molecule has 0 rings (SSSR count). The van der Waals surface area contributed by atoms with Crippen LogP contribution in [0, 0.1) is 0 Å². The van der Waals surface area contributed by atoms with Crippen molar-refractivity contribution in [2.45, 2.75) is 52.0 Å². The molecule has 1 N–H and O–H groups in total. The van der Waals surface area contributed by atoms with Crippen LogP contribution in [0.1, 0.15) is 46.0 Å². The summed E-state index contributed by atoms with van der Waals surface area (Å²) in [7, 11) is 1.83. The molecule has 0 bridgehead atoms. The Labute approximate surface area is 114 Å². The minimum absolute atomic E-state index is 0.120. The summed E-state index contributed by atoms with van der Waals surface area (Å²) in [5.41, 5.74) is 0. The van der Waals surface area contributed by atoms with Crippen LogP contribution in [-0.2, 0) is 9.59 Å². The first-order chi connectivity index (χ1) is 8.49. The lowest BCUT2D eigenvalue weighted by Crippen LogP contribution is -2.35. The van der Waals surface area contributed by atoms with Crippen molar-refractivity contribution < 1.29 is 14.7 Å². The molecule has 0 aromatic rings. The van der Waals surface area contributed by atoms with Crippen LogP contribution in [0.15, 0.2) is 0 Å². The van der Waals surface area contributed by atoms with Crippen molar-refractivity contribution in [3.63, 3.8) is 0 Å². The molecule has 1 atom stereocenters. The van der Waals surface area contributed by atoms with Crippen molar-refractivity contribution in [2.75, 3.05) is 18.6 Å². The Morgan fingerprint density at radius 2 is 1.89 bits per heavy atom. The first-order valence-corrected chi connectivity index (χ1v) is 7.69. The summed E-state index contributed by atoms with van der Waals surface area (Å²) in [4.78, 5) is 24.0. The van der Waals surface area contributed by atoms with Crippen LogP contribution in [0.25, 0.3) is 0 Å². The van der Waals surface area contributed by atoms with Gasteiger partial charge in [0.15, 0.2) is 0 Å². The van der Waals surface area contributed by atoms with Gasteiger partial charge in [-0.2, -0.15) is 11.8 Å². The molecule has 1 amide bonds. The summed E-state index contributed by atoms with van der Waals surface area (Å²) in [6, 6.07) is 0.260. The third kappa shape index (κ3) is 8.39. The van der Waals surface area contributed by atoms with Gasteiger partial charge in [0.2, 0.25) is 5.91 Å². The maximum absolute atomic E-state index is 11.8. The first-order valence-electron chi connectivity index (χ1n) is 6.54. The molecular formula is C13H25NO3S. The van der Waals surface area contributed by atoms with Crippen molar-refractivity contribution in [1.29, 1.82) is 0 Å². The predicted molar refractivity (Wildman–Crippen MR) is 76.0 cm³/mol. The topological polar surface area (TPSA) is 57.6 Å². The molecule has 5 heteroatoms. The van der Waals surface area contributed by atoms with Crippen LogP contribution in [-0.4, -0.2) is 46.5 Å². The first kappa shape index (κ1) is 17.3. The summed E-state index contributed by atoms with van der Waals surface area (Å²) in [6.45, 7) is 4.19. The number of hydrogen-bond acceptors (Lipinski definition) is 3. The maximum atomic E-state index is 11.8. The Balaban J connectivity index is 3.76. The van der Waals surface area contributed by atoms with E-state index in [1.807, 2.05) is 18.8 Å². The van der Waals surface area contributed by atoms with Crippen LogP contribution >= 0.6 is 11.8 Å². The van der Waals surface area contributed by atoms with Gasteiger partial charge in [0.1, 0.15) is 0 Å². The van der Waals surface area contributed by atoms with Gasteiger partial charge in [-0.05, 0) is 37.7 Å². The minimum atomic E-state index is -0.791. The van der Waals surface area contributed by atoms with Crippen LogP contribution in [0.2, 0.25) is 0 Å². The number of rotatable bonds is 10. The summed E-state index contributed by atoms with van der Waals surface area (Å²) in [5, 5.41) is 8.50. The number of carbonyl (C=O) groups is 2. The fourth-order valence-electron chi connectivity index (χ4n) is 1.57. The summed E-state index contributed by atoms with van der Waals surface area (Å²) < 4.78 is 0. The Morgan fingerprint density at radius 3 is 2.44 bits per heavy atom. The fourth-order valence-corrected chi connectivity index (χ4v) is 2.36. The highest BCUT2D eigenvalue weighted by atomic mass is 32.2. The van der Waals surface area contributed by atoms with Crippen LogP contribution in [0.4, 0.5) is 0 Å². The lowest BCUT2D eigenvalue weighted by atomic mass is 10.1. The maximum Gasteiger partial charge on any atom is 0.303 e. The number of carbonyl (C=O) groups excluding carboxylic acids is 1. The number of thioether (sulfide) groups is 1. The molecule has 0 spiro atoms. The van der Waals surface area contributed by atoms with Gasteiger partial charge >= 0.3 is 5.97 Å². The van der Waals surface area contributed by atoms with Gasteiger partial charge in [0, 0.05) is 25.9 Å². The second-order valence-corrected chi connectivity index (χ2v) is 5.83. The van der Waals surface area contributed by atoms with E-state index in [0.29, 0.717) is 19.3 Å². The zero-order valence-corrected chi connectivity index (χ0v) is 12.5. The van der Waals surface area contributed by atoms with Gasteiger partial charge in [-0.1, -0.05) is 6.92 Å². The third-order valence-electron chi connectivity index (χ3n) is 2.97. The van der Waals surface area contributed by atoms with E-state index in [2.05, 4.69) is 13.8 Å². The van der Waals surface area contributed by atoms with Gasteiger partial charge in [0.05, 0.1) is 0 Å². The highest BCUT2D eigenvalue weighted by molar-refractivity contribution is 7.99. The predicted octanol–water partition coefficient (Wildman–Crippen LogP) is 2.62. The summed E-state index contributed by atoms with van der Waals surface area (Å²) >= 11 is 1.89. The van der Waals surface area contributed by atoms with Crippen LogP contribution in [0.3, 0.4) is 0 Å². The van der Waals surface area contributed by atoms with E-state index in [9.17, 15) is 9.59 Å². The fraction of sp³-hybridized carbons (Fsp3) is 0.846. The van der Waals surface area contributed by atoms with Crippen molar-refractivity contribution in [3.05, 3.63) is 0 Å². The average Bonchev–Trinajstić information content (AvgIpc) is 2.33. The molecule has 1 unspecified atom stereocenters. The Hall–Kier alpha value is -0.710. The number of nitrogens with zero attached hydrogens (tertiary/aromatic N) is 1. The summed E-state index contributed by atoms with van der Waals surface area (Å²) in [6.07, 6.45) is 2.85. The van der Waals surface area contributed by atoms with E-state index in [4.69, 9.17) is 5.11 Å². The molecule has 0 radical (unpaired) electrons. The van der Waals surface area contributed by atoms with E-state index >= 15 is 0 Å². The number of unbranched alkanes of at least 4 members (excludes halogenated alkanes) is 1. The highest BCUT2D eigenvalue weighted by Crippen LogP contribution is 2.10. The molecule has 18 heavy (non-hydrogen) atoms. The van der Waals surface area contributed by atoms with Crippen molar-refractivity contribution in [3.8, 4) is 0 Å². The number of hydrogen-bond donors (Lipinski definition) is 1. The van der Waals surface area contributed by atoms with Crippen molar-refractivity contribution >= 4 is 23.6 Å². The van der Waals surface area contributed by atoms with E-state index in [1.54, 1.807) is 4.90 Å². The van der Waals surface area contributed by atoms with Gasteiger partial charge in [-0.15, -0.1) is 0 Å². The lowest BCUT2D eigenvalue weighted by Gasteiger charge is -2.25. The Morgan fingerprint density at radius 1 is 1.28 bits per heavy atom. The third-order valence-corrected chi connectivity index (χ3v) is 3.90. The van der Waals surface area contributed by atoms with Gasteiger partial charge in [-0.25, -0.2) is 0 Å². The molecule has 0 aliphatic carbocycles. The van der Waals surface area contributed by atoms with Crippen LogP contribution in [0.5, 0.6) is 0 Å². The number of amides is 1. The standard InChI is InChI=1S/C13H25NO3S/c1-4-18-10-9-11(2)14(3)12(15)7-5-6-8-13(16)17/h11H,4-10H2,1-3H3,(H,16,17). The zero-order chi connectivity index (χ0) is 14.0. The number of carboxylic acid groups (broad SMARTS) is 1. The van der Waals surface area contributed by atoms with Crippen LogP contribution < -0.4 is 0 Å². The minimum Gasteiger partial charge on any atom is -0.481 e. The van der Waals surface area contributed by atoms with E-state index in [-0.39, 0.29) is 18.4 Å². The second-order valence-electron chi connectivity index (χ2n) is 4.44. The molecule has 0 aromatic carbocycles. The monoisotopic (exact) mass is 275 g/mol. The highest BCUT2D eigenvalue weighted by Gasteiger charge is 2.14. The zero-order valence-electron chi connectivity index (χ0n) is 11.6. The molecular weight excluding hydrogens is 250 g/mol. The molecule has 4 nitrogen and oxygen atoms in total. The SMILES string of the molecule is CCSCCC(C)N(C)C(=O)CCCCC(=O)O. The Bertz CT molecular complexity index is 259. The quantitative estimate of drug-likeness (QED) is 0.623. The molecule has 0 heterocycles. The number of carboxylic acids is 1. The van der Waals surface area contributed by atoms with Gasteiger partial charge < -0.3 is 10.0 Å². The van der Waals surface area contributed by atoms with Crippen molar-refractivity contribution in [1.82, 2.24) is 4.90 Å². The lowest BCUT2D eigenvalue weighted by molar-refractivity contribution is -0.137. The summed E-state index contributed by atoms with van der Waals surface area (Å²) in [5.74, 6) is 1.52. The molecule has 0 aliphatic rings. The Kier molecular flexibility index (Phi) is 9.83. The largest absolute Gasteiger partial charge is 0.481 e. The normalized spacial score (nSPS) is 12.2. The van der Waals surface area contributed by atoms with Gasteiger partial charge in [-0.3, -0.25) is 9.59 Å². The molecule has 106 valence electrons. The van der Waals surface area contributed by atoms with Crippen molar-refractivity contribution in [2.24, 2.45) is 0 Å². The van der Waals surface area contributed by atoms with Gasteiger partial charge in [0.25, 0.3) is 0 Å². The average molecular weight is 275 g/mol. The van der Waals surface area contributed by atoms with E-state index in [1.165, 1.54) is 0 Å². The van der Waals surface area contributed by atoms with E-state index in [0.717, 1.165) is 17.9 Å². The second kappa shape index (κ2) is 10.2.